The topological polar surface area (TPSA) is 33.1 Å². The first-order valence-electron chi connectivity index (χ1n) is 7.66. The fourth-order valence-electron chi connectivity index (χ4n) is 3.49. The van der Waals surface area contributed by atoms with E-state index in [0.717, 1.165) is 35.7 Å². The minimum atomic E-state index is -0.656. The van der Waals surface area contributed by atoms with Crippen molar-refractivity contribution in [3.8, 4) is 0 Å². The molecule has 1 aromatic carbocycles. The number of aliphatic hydroxyl groups is 1. The van der Waals surface area contributed by atoms with Gasteiger partial charge in [-0.15, -0.1) is 0 Å². The zero-order valence-corrected chi connectivity index (χ0v) is 12.3. The van der Waals surface area contributed by atoms with Gasteiger partial charge in [0, 0.05) is 11.6 Å². The summed E-state index contributed by atoms with van der Waals surface area (Å²) in [6, 6.07) is 10.2. The summed E-state index contributed by atoms with van der Waals surface area (Å²) in [6.45, 7) is 4.53. The highest BCUT2D eigenvalue weighted by molar-refractivity contribution is 5.79. The van der Waals surface area contributed by atoms with Crippen LogP contribution in [-0.2, 0) is 5.60 Å². The molecule has 0 saturated heterocycles. The van der Waals surface area contributed by atoms with E-state index >= 15 is 0 Å². The van der Waals surface area contributed by atoms with Gasteiger partial charge in [0.1, 0.15) is 0 Å². The summed E-state index contributed by atoms with van der Waals surface area (Å²) in [5.74, 6) is 1.27. The molecule has 0 bridgehead atoms. The highest BCUT2D eigenvalue weighted by Crippen LogP contribution is 2.42. The quantitative estimate of drug-likeness (QED) is 0.883. The summed E-state index contributed by atoms with van der Waals surface area (Å²) in [6.07, 6.45) is 5.93. The van der Waals surface area contributed by atoms with E-state index in [9.17, 15) is 5.11 Å². The number of rotatable bonds is 2. The van der Waals surface area contributed by atoms with Gasteiger partial charge in [-0.2, -0.15) is 0 Å². The molecule has 1 saturated carbocycles. The summed E-state index contributed by atoms with van der Waals surface area (Å²) < 4.78 is 0. The molecule has 1 aliphatic carbocycles. The largest absolute Gasteiger partial charge is 0.385 e. The number of hydrogen-bond acceptors (Lipinski definition) is 2. The summed E-state index contributed by atoms with van der Waals surface area (Å²) >= 11 is 0. The SMILES string of the molecule is CC(C)C1CCCC(O)(c2ccc3ncccc3c2)C1. The van der Waals surface area contributed by atoms with Crippen LogP contribution < -0.4 is 0 Å². The molecule has 1 N–H and O–H groups in total. The molecule has 106 valence electrons. The minimum Gasteiger partial charge on any atom is -0.385 e. The maximum absolute atomic E-state index is 11.1. The van der Waals surface area contributed by atoms with Gasteiger partial charge in [0.15, 0.2) is 0 Å². The molecule has 0 amide bonds. The van der Waals surface area contributed by atoms with Crippen molar-refractivity contribution in [3.05, 3.63) is 42.1 Å². The van der Waals surface area contributed by atoms with Crippen molar-refractivity contribution in [1.29, 1.82) is 0 Å². The van der Waals surface area contributed by atoms with E-state index in [1.54, 1.807) is 0 Å². The maximum atomic E-state index is 11.1. The summed E-state index contributed by atoms with van der Waals surface area (Å²) in [4.78, 5) is 4.35. The summed E-state index contributed by atoms with van der Waals surface area (Å²) in [5, 5.41) is 12.2. The zero-order valence-electron chi connectivity index (χ0n) is 12.3. The number of fused-ring (bicyclic) bond motifs is 1. The van der Waals surface area contributed by atoms with E-state index in [4.69, 9.17) is 0 Å². The van der Waals surface area contributed by atoms with Gasteiger partial charge in [-0.25, -0.2) is 0 Å². The number of benzene rings is 1. The smallest absolute Gasteiger partial charge is 0.0899 e. The zero-order chi connectivity index (χ0) is 14.2. The number of hydrogen-bond donors (Lipinski definition) is 1. The van der Waals surface area contributed by atoms with Crippen molar-refractivity contribution in [2.24, 2.45) is 11.8 Å². The molecule has 1 aromatic heterocycles. The average Bonchev–Trinajstić information content (AvgIpc) is 2.47. The van der Waals surface area contributed by atoms with Crippen LogP contribution in [0.25, 0.3) is 10.9 Å². The lowest BCUT2D eigenvalue weighted by Crippen LogP contribution is -2.34. The van der Waals surface area contributed by atoms with Crippen LogP contribution in [0.3, 0.4) is 0 Å². The third-order valence-corrected chi connectivity index (χ3v) is 4.85. The minimum absolute atomic E-state index is 0.623. The van der Waals surface area contributed by atoms with Gasteiger partial charge < -0.3 is 5.11 Å². The van der Waals surface area contributed by atoms with Crippen LogP contribution in [0.15, 0.2) is 36.5 Å². The van der Waals surface area contributed by atoms with Crippen LogP contribution in [0.4, 0.5) is 0 Å². The molecular formula is C18H23NO. The van der Waals surface area contributed by atoms with Gasteiger partial charge >= 0.3 is 0 Å². The molecule has 3 rings (SSSR count). The van der Waals surface area contributed by atoms with E-state index in [1.165, 1.54) is 6.42 Å². The van der Waals surface area contributed by atoms with Gasteiger partial charge in [0.2, 0.25) is 0 Å². The lowest BCUT2D eigenvalue weighted by Gasteiger charge is -2.39. The fourth-order valence-corrected chi connectivity index (χ4v) is 3.49. The molecular weight excluding hydrogens is 246 g/mol. The first kappa shape index (κ1) is 13.6. The van der Waals surface area contributed by atoms with Crippen LogP contribution >= 0.6 is 0 Å². The molecule has 2 atom stereocenters. The Morgan fingerprint density at radius 3 is 2.95 bits per heavy atom. The predicted octanol–water partition coefficient (Wildman–Crippen LogP) is 4.27. The standard InChI is InChI=1S/C18H23NO/c1-13(2)15-5-3-9-18(20,12-15)16-7-8-17-14(11-16)6-4-10-19-17/h4,6-8,10-11,13,15,20H,3,5,9,12H2,1-2H3. The van der Waals surface area contributed by atoms with Crippen molar-refractivity contribution < 1.29 is 5.11 Å². The highest BCUT2D eigenvalue weighted by Gasteiger charge is 2.36. The molecule has 0 spiro atoms. The van der Waals surface area contributed by atoms with Crippen LogP contribution in [0.5, 0.6) is 0 Å². The number of nitrogens with zero attached hydrogens (tertiary/aromatic N) is 1. The Kier molecular flexibility index (Phi) is 3.51. The lowest BCUT2D eigenvalue weighted by atomic mass is 9.71. The monoisotopic (exact) mass is 269 g/mol. The maximum Gasteiger partial charge on any atom is 0.0899 e. The van der Waals surface area contributed by atoms with Gasteiger partial charge in [-0.05, 0) is 61.3 Å². The molecule has 1 heterocycles. The fraction of sp³-hybridized carbons (Fsp3) is 0.500. The van der Waals surface area contributed by atoms with E-state index in [-0.39, 0.29) is 0 Å². The van der Waals surface area contributed by atoms with Crippen LogP contribution in [0.2, 0.25) is 0 Å². The third kappa shape index (κ3) is 2.45. The molecule has 2 aromatic rings. The predicted molar refractivity (Wildman–Crippen MR) is 82.4 cm³/mol. The molecule has 2 nitrogen and oxygen atoms in total. The second-order valence-electron chi connectivity index (χ2n) is 6.54. The molecule has 20 heavy (non-hydrogen) atoms. The van der Waals surface area contributed by atoms with E-state index in [1.807, 2.05) is 18.3 Å². The Bertz CT molecular complexity index is 607. The van der Waals surface area contributed by atoms with E-state index < -0.39 is 5.60 Å². The first-order valence-corrected chi connectivity index (χ1v) is 7.66. The Morgan fingerprint density at radius 1 is 1.30 bits per heavy atom. The molecule has 0 radical (unpaired) electrons. The second kappa shape index (κ2) is 5.17. The van der Waals surface area contributed by atoms with Crippen LogP contribution in [-0.4, -0.2) is 10.1 Å². The van der Waals surface area contributed by atoms with Gasteiger partial charge in [-0.1, -0.05) is 26.0 Å². The van der Waals surface area contributed by atoms with Crippen molar-refractivity contribution in [1.82, 2.24) is 4.98 Å². The van der Waals surface area contributed by atoms with Crippen LogP contribution in [0.1, 0.15) is 45.1 Å². The normalized spacial score (nSPS) is 27.1. The third-order valence-electron chi connectivity index (χ3n) is 4.85. The molecule has 0 aliphatic heterocycles. The van der Waals surface area contributed by atoms with Crippen molar-refractivity contribution >= 4 is 10.9 Å². The Hall–Kier alpha value is -1.41. The Balaban J connectivity index is 1.96. The average molecular weight is 269 g/mol. The Labute approximate surface area is 120 Å². The lowest BCUT2D eigenvalue weighted by molar-refractivity contribution is -0.0294. The van der Waals surface area contributed by atoms with Crippen molar-refractivity contribution in [2.75, 3.05) is 0 Å². The Morgan fingerprint density at radius 2 is 2.15 bits per heavy atom. The molecule has 1 aliphatic rings. The summed E-state index contributed by atoms with van der Waals surface area (Å²) in [5.41, 5.74) is 1.40. The second-order valence-corrected chi connectivity index (χ2v) is 6.54. The van der Waals surface area contributed by atoms with Gasteiger partial charge in [-0.3, -0.25) is 4.98 Å². The van der Waals surface area contributed by atoms with Gasteiger partial charge in [0.05, 0.1) is 11.1 Å². The van der Waals surface area contributed by atoms with Gasteiger partial charge in [0.25, 0.3) is 0 Å². The number of pyridine rings is 1. The van der Waals surface area contributed by atoms with Crippen LogP contribution in [0, 0.1) is 11.8 Å². The molecule has 1 fully saturated rings. The molecule has 2 unspecified atom stereocenters. The van der Waals surface area contributed by atoms with Crippen molar-refractivity contribution in [2.45, 2.75) is 45.1 Å². The number of aromatic nitrogens is 1. The van der Waals surface area contributed by atoms with E-state index in [2.05, 4.69) is 37.0 Å². The summed E-state index contributed by atoms with van der Waals surface area (Å²) in [7, 11) is 0. The van der Waals surface area contributed by atoms with E-state index in [0.29, 0.717) is 11.8 Å². The molecule has 2 heteroatoms. The highest BCUT2D eigenvalue weighted by atomic mass is 16.3. The first-order chi connectivity index (χ1) is 9.58. The van der Waals surface area contributed by atoms with Crippen molar-refractivity contribution in [3.63, 3.8) is 0 Å².